The van der Waals surface area contributed by atoms with Gasteiger partial charge in [-0.15, -0.1) is 11.3 Å². The summed E-state index contributed by atoms with van der Waals surface area (Å²) >= 11 is 1.30. The Balaban J connectivity index is 2.71. The van der Waals surface area contributed by atoms with E-state index >= 15 is 0 Å². The SMILES string of the molecule is Cc1ccsc1NC(=O)C(=O)O. The van der Waals surface area contributed by atoms with Gasteiger partial charge in [0.1, 0.15) is 0 Å². The minimum absolute atomic E-state index is 0.586. The minimum Gasteiger partial charge on any atom is -0.474 e. The van der Waals surface area contributed by atoms with Crippen molar-refractivity contribution in [3.63, 3.8) is 0 Å². The van der Waals surface area contributed by atoms with Crippen LogP contribution in [0.3, 0.4) is 0 Å². The topological polar surface area (TPSA) is 66.4 Å². The summed E-state index contributed by atoms with van der Waals surface area (Å²) in [6.07, 6.45) is 0. The number of carbonyl (C=O) groups excluding carboxylic acids is 1. The quantitative estimate of drug-likeness (QED) is 0.643. The van der Waals surface area contributed by atoms with Gasteiger partial charge in [-0.2, -0.15) is 0 Å². The third-order valence-corrected chi connectivity index (χ3v) is 2.22. The lowest BCUT2D eigenvalue weighted by atomic mass is 10.3. The van der Waals surface area contributed by atoms with Gasteiger partial charge in [0, 0.05) is 0 Å². The van der Waals surface area contributed by atoms with Crippen molar-refractivity contribution in [2.75, 3.05) is 5.32 Å². The molecule has 0 aliphatic rings. The first kappa shape index (κ1) is 8.73. The third kappa shape index (κ3) is 1.82. The lowest BCUT2D eigenvalue weighted by Gasteiger charge is -1.98. The number of aryl methyl sites for hydroxylation is 1. The van der Waals surface area contributed by atoms with E-state index in [2.05, 4.69) is 5.32 Å². The lowest BCUT2D eigenvalue weighted by molar-refractivity contribution is -0.147. The number of nitrogens with one attached hydrogen (secondary N) is 1. The van der Waals surface area contributed by atoms with Gasteiger partial charge in [-0.1, -0.05) is 0 Å². The van der Waals surface area contributed by atoms with Gasteiger partial charge in [-0.3, -0.25) is 4.79 Å². The summed E-state index contributed by atoms with van der Waals surface area (Å²) in [5.74, 6) is -2.47. The molecule has 0 aromatic carbocycles. The molecule has 1 aromatic rings. The first-order valence-corrected chi connectivity index (χ1v) is 4.07. The Bertz CT molecular complexity index is 318. The Morgan fingerprint density at radius 3 is 2.67 bits per heavy atom. The lowest BCUT2D eigenvalue weighted by Crippen LogP contribution is -2.21. The van der Waals surface area contributed by atoms with Crippen LogP contribution in [0.25, 0.3) is 0 Å². The molecule has 0 unspecified atom stereocenters. The van der Waals surface area contributed by atoms with Crippen LogP contribution in [-0.2, 0) is 9.59 Å². The largest absolute Gasteiger partial charge is 0.474 e. The van der Waals surface area contributed by atoms with Crippen LogP contribution in [0.1, 0.15) is 5.56 Å². The molecule has 0 atom stereocenters. The molecule has 1 amide bonds. The molecule has 1 rings (SSSR count). The van der Waals surface area contributed by atoms with Crippen molar-refractivity contribution < 1.29 is 14.7 Å². The molecule has 64 valence electrons. The van der Waals surface area contributed by atoms with E-state index in [1.165, 1.54) is 11.3 Å². The summed E-state index contributed by atoms with van der Waals surface area (Å²) in [7, 11) is 0. The fraction of sp³-hybridized carbons (Fsp3) is 0.143. The smallest absolute Gasteiger partial charge is 0.394 e. The maximum absolute atomic E-state index is 10.7. The minimum atomic E-state index is -1.47. The van der Waals surface area contributed by atoms with Crippen molar-refractivity contribution in [1.29, 1.82) is 0 Å². The van der Waals surface area contributed by atoms with Crippen LogP contribution >= 0.6 is 11.3 Å². The summed E-state index contributed by atoms with van der Waals surface area (Å²) in [6.45, 7) is 1.80. The van der Waals surface area contributed by atoms with Crippen LogP contribution in [0.2, 0.25) is 0 Å². The van der Waals surface area contributed by atoms with E-state index in [0.29, 0.717) is 5.00 Å². The number of thiophene rings is 1. The number of carboxylic acid groups (broad SMARTS) is 1. The van der Waals surface area contributed by atoms with Crippen molar-refractivity contribution in [2.45, 2.75) is 6.92 Å². The van der Waals surface area contributed by atoms with E-state index in [1.54, 1.807) is 12.3 Å². The highest BCUT2D eigenvalue weighted by molar-refractivity contribution is 7.14. The van der Waals surface area contributed by atoms with E-state index in [9.17, 15) is 9.59 Å². The summed E-state index contributed by atoms with van der Waals surface area (Å²) in [5.41, 5.74) is 0.870. The average molecular weight is 185 g/mol. The standard InChI is InChI=1S/C7H7NO3S/c1-4-2-3-12-6(4)8-5(9)7(10)11/h2-3H,1H3,(H,8,9)(H,10,11). The maximum Gasteiger partial charge on any atom is 0.394 e. The number of hydrogen-bond acceptors (Lipinski definition) is 3. The zero-order chi connectivity index (χ0) is 9.14. The van der Waals surface area contributed by atoms with Crippen LogP contribution in [0, 0.1) is 6.92 Å². The van der Waals surface area contributed by atoms with Gasteiger partial charge >= 0.3 is 11.9 Å². The number of hydrogen-bond donors (Lipinski definition) is 2. The van der Waals surface area contributed by atoms with Crippen LogP contribution in [0.15, 0.2) is 11.4 Å². The molecule has 1 aromatic heterocycles. The summed E-state index contributed by atoms with van der Waals surface area (Å²) in [5, 5.41) is 12.9. The third-order valence-electron chi connectivity index (χ3n) is 1.28. The molecular formula is C7H7NO3S. The fourth-order valence-corrected chi connectivity index (χ4v) is 1.47. The summed E-state index contributed by atoms with van der Waals surface area (Å²) < 4.78 is 0. The molecule has 1 heterocycles. The number of aliphatic carboxylic acids is 1. The Morgan fingerprint density at radius 1 is 1.58 bits per heavy atom. The Kier molecular flexibility index (Phi) is 2.44. The second-order valence-electron chi connectivity index (χ2n) is 2.19. The van der Waals surface area contributed by atoms with Crippen molar-refractivity contribution in [3.8, 4) is 0 Å². The number of carbonyl (C=O) groups is 2. The molecule has 0 aliphatic carbocycles. The monoisotopic (exact) mass is 185 g/mol. The van der Waals surface area contributed by atoms with Crippen LogP contribution in [0.5, 0.6) is 0 Å². The van der Waals surface area contributed by atoms with E-state index in [1.807, 2.05) is 6.07 Å². The van der Waals surface area contributed by atoms with Crippen LogP contribution in [-0.4, -0.2) is 17.0 Å². The molecule has 0 bridgehead atoms. The predicted octanol–water partition coefficient (Wildman–Crippen LogP) is 1.08. The fourth-order valence-electron chi connectivity index (χ4n) is 0.657. The molecule has 0 aliphatic heterocycles. The normalized spacial score (nSPS) is 9.42. The molecule has 0 saturated heterocycles. The number of rotatable bonds is 1. The average Bonchev–Trinajstić information content (AvgIpc) is 2.36. The van der Waals surface area contributed by atoms with E-state index in [0.717, 1.165) is 5.56 Å². The first-order chi connectivity index (χ1) is 5.61. The van der Waals surface area contributed by atoms with Gasteiger partial charge in [0.05, 0.1) is 5.00 Å². The maximum atomic E-state index is 10.7. The second-order valence-corrected chi connectivity index (χ2v) is 3.11. The Hall–Kier alpha value is -1.36. The van der Waals surface area contributed by atoms with E-state index in [4.69, 9.17) is 5.11 Å². The van der Waals surface area contributed by atoms with E-state index < -0.39 is 11.9 Å². The second kappa shape index (κ2) is 3.36. The number of anilines is 1. The first-order valence-electron chi connectivity index (χ1n) is 3.19. The van der Waals surface area contributed by atoms with E-state index in [-0.39, 0.29) is 0 Å². The predicted molar refractivity (Wildman–Crippen MR) is 45.3 cm³/mol. The highest BCUT2D eigenvalue weighted by atomic mass is 32.1. The van der Waals surface area contributed by atoms with Crippen molar-refractivity contribution in [2.24, 2.45) is 0 Å². The zero-order valence-electron chi connectivity index (χ0n) is 6.33. The molecule has 0 spiro atoms. The van der Waals surface area contributed by atoms with Crippen molar-refractivity contribution in [1.82, 2.24) is 0 Å². The summed E-state index contributed by atoms with van der Waals surface area (Å²) in [6, 6.07) is 1.81. The molecule has 12 heavy (non-hydrogen) atoms. The van der Waals surface area contributed by atoms with Crippen molar-refractivity contribution >= 4 is 28.2 Å². The summed E-state index contributed by atoms with van der Waals surface area (Å²) in [4.78, 5) is 20.8. The highest BCUT2D eigenvalue weighted by Crippen LogP contribution is 2.21. The van der Waals surface area contributed by atoms with Gasteiger partial charge in [0.15, 0.2) is 0 Å². The Morgan fingerprint density at radius 2 is 2.25 bits per heavy atom. The Labute approximate surface area is 72.8 Å². The number of amides is 1. The molecular weight excluding hydrogens is 178 g/mol. The molecule has 0 fully saturated rings. The van der Waals surface area contributed by atoms with Gasteiger partial charge < -0.3 is 10.4 Å². The van der Waals surface area contributed by atoms with Gasteiger partial charge in [-0.25, -0.2) is 4.79 Å². The van der Waals surface area contributed by atoms with Crippen molar-refractivity contribution in [3.05, 3.63) is 17.0 Å². The molecule has 5 heteroatoms. The van der Waals surface area contributed by atoms with Crippen LogP contribution < -0.4 is 5.32 Å². The van der Waals surface area contributed by atoms with Crippen LogP contribution in [0.4, 0.5) is 5.00 Å². The molecule has 0 radical (unpaired) electrons. The zero-order valence-corrected chi connectivity index (χ0v) is 7.14. The van der Waals surface area contributed by atoms with Gasteiger partial charge in [-0.05, 0) is 23.9 Å². The van der Waals surface area contributed by atoms with Gasteiger partial charge in [0.2, 0.25) is 0 Å². The number of carboxylic acids is 1. The molecule has 2 N–H and O–H groups in total. The molecule has 0 saturated carbocycles. The van der Waals surface area contributed by atoms with Gasteiger partial charge in [0.25, 0.3) is 0 Å². The highest BCUT2D eigenvalue weighted by Gasteiger charge is 2.12. The molecule has 4 nitrogen and oxygen atoms in total.